The number of hydrogen-bond donors (Lipinski definition) is 0. The van der Waals surface area contributed by atoms with Crippen molar-refractivity contribution in [2.45, 2.75) is 6.18 Å². The molecule has 73 heavy (non-hydrogen) atoms. The Hall–Kier alpha value is -9.16. The SMILES string of the molecule is Fc1c(F)c(F)c(-c2ccc(-n3c4ccccc4c4ccc5c(c6ccccc6n5-c5ccccc5)c43)c(C(F)(F)F)c2-n2c3ccccc3c3ccc4c(c5ccccc5n4-c4ccccc4)c32)c(F)c1F. The molecule has 0 aliphatic heterocycles. The van der Waals surface area contributed by atoms with Crippen LogP contribution in [0.1, 0.15) is 5.56 Å². The minimum Gasteiger partial charge on any atom is -0.309 e. The Morgan fingerprint density at radius 1 is 0.301 bits per heavy atom. The van der Waals surface area contributed by atoms with E-state index in [0.717, 1.165) is 34.4 Å². The lowest BCUT2D eigenvalue weighted by Crippen LogP contribution is -2.17. The molecule has 0 bridgehead atoms. The molecule has 4 heterocycles. The first-order chi connectivity index (χ1) is 35.5. The predicted molar refractivity (Wildman–Crippen MR) is 274 cm³/mol. The highest BCUT2D eigenvalue weighted by Crippen LogP contribution is 2.51. The minimum atomic E-state index is -5.38. The minimum absolute atomic E-state index is 0.185. The van der Waals surface area contributed by atoms with Crippen molar-refractivity contribution in [3.05, 3.63) is 229 Å². The van der Waals surface area contributed by atoms with E-state index >= 15 is 30.7 Å². The third kappa shape index (κ3) is 5.82. The highest BCUT2D eigenvalue weighted by Gasteiger charge is 2.42. The van der Waals surface area contributed by atoms with Crippen LogP contribution in [0.3, 0.4) is 0 Å². The zero-order valence-corrected chi connectivity index (χ0v) is 37.8. The lowest BCUT2D eigenvalue weighted by atomic mass is 9.95. The van der Waals surface area contributed by atoms with Gasteiger partial charge in [0.05, 0.1) is 61.1 Å². The fourth-order valence-corrected chi connectivity index (χ4v) is 11.5. The summed E-state index contributed by atoms with van der Waals surface area (Å²) in [6, 6.07) is 57.3. The molecule has 0 amide bonds. The van der Waals surface area contributed by atoms with Gasteiger partial charge in [0, 0.05) is 60.0 Å². The summed E-state index contributed by atoms with van der Waals surface area (Å²) in [6.45, 7) is 0. The monoisotopic (exact) mass is 972 g/mol. The average Bonchev–Trinajstić information content (AvgIpc) is 4.16. The van der Waals surface area contributed by atoms with Gasteiger partial charge in [-0.3, -0.25) is 0 Å². The number of halogens is 8. The number of aromatic nitrogens is 4. The number of para-hydroxylation sites is 6. The van der Waals surface area contributed by atoms with E-state index in [1.54, 1.807) is 48.5 Å². The van der Waals surface area contributed by atoms with E-state index < -0.39 is 63.3 Å². The van der Waals surface area contributed by atoms with Gasteiger partial charge in [0.2, 0.25) is 5.82 Å². The van der Waals surface area contributed by atoms with Gasteiger partial charge < -0.3 is 18.3 Å². The van der Waals surface area contributed by atoms with Gasteiger partial charge in [0.15, 0.2) is 23.3 Å². The summed E-state index contributed by atoms with van der Waals surface area (Å²) in [4.78, 5) is 0. The molecule has 0 fully saturated rings. The topological polar surface area (TPSA) is 19.7 Å². The van der Waals surface area contributed by atoms with E-state index in [0.29, 0.717) is 65.3 Å². The van der Waals surface area contributed by atoms with E-state index in [4.69, 9.17) is 0 Å². The lowest BCUT2D eigenvalue weighted by Gasteiger charge is -2.25. The number of hydrogen-bond acceptors (Lipinski definition) is 0. The van der Waals surface area contributed by atoms with Crippen LogP contribution in [0.25, 0.3) is 121 Å². The third-order valence-electron chi connectivity index (χ3n) is 14.4. The van der Waals surface area contributed by atoms with Crippen LogP contribution in [0.15, 0.2) is 194 Å². The summed E-state index contributed by atoms with van der Waals surface area (Å²) >= 11 is 0. The molecule has 4 aromatic heterocycles. The highest BCUT2D eigenvalue weighted by molar-refractivity contribution is 6.28. The quantitative estimate of drug-likeness (QED) is 0.0930. The van der Waals surface area contributed by atoms with Crippen LogP contribution in [-0.2, 0) is 6.18 Å². The van der Waals surface area contributed by atoms with Gasteiger partial charge in [-0.05, 0) is 72.8 Å². The molecule has 0 unspecified atom stereocenters. The van der Waals surface area contributed by atoms with Crippen molar-refractivity contribution in [1.29, 1.82) is 0 Å². The second kappa shape index (κ2) is 15.4. The van der Waals surface area contributed by atoms with Crippen molar-refractivity contribution in [3.8, 4) is 33.9 Å². The highest BCUT2D eigenvalue weighted by atomic mass is 19.4. The molecule has 14 aromatic rings. The molecule has 0 aliphatic rings. The Morgan fingerprint density at radius 3 is 1.15 bits per heavy atom. The van der Waals surface area contributed by atoms with Gasteiger partial charge in [-0.25, -0.2) is 22.0 Å². The maximum Gasteiger partial charge on any atom is 0.420 e. The van der Waals surface area contributed by atoms with Crippen LogP contribution in [0.5, 0.6) is 0 Å². The molecule has 0 saturated heterocycles. The van der Waals surface area contributed by atoms with Crippen LogP contribution in [-0.4, -0.2) is 18.3 Å². The second-order valence-corrected chi connectivity index (χ2v) is 18.1. The molecule has 12 heteroatoms. The number of fused-ring (bicyclic) bond motifs is 14. The third-order valence-corrected chi connectivity index (χ3v) is 14.4. The van der Waals surface area contributed by atoms with Crippen LogP contribution in [0, 0.1) is 29.1 Å². The maximum absolute atomic E-state index is 17.4. The van der Waals surface area contributed by atoms with E-state index in [9.17, 15) is 4.39 Å². The van der Waals surface area contributed by atoms with Crippen molar-refractivity contribution < 1.29 is 35.1 Å². The summed E-state index contributed by atoms with van der Waals surface area (Å²) < 4.78 is 138. The number of rotatable bonds is 5. The largest absolute Gasteiger partial charge is 0.420 e. The molecule has 4 nitrogen and oxygen atoms in total. The Balaban J connectivity index is 1.24. The molecule has 14 rings (SSSR count). The summed E-state index contributed by atoms with van der Waals surface area (Å²) in [6.07, 6.45) is -5.38. The van der Waals surface area contributed by atoms with E-state index in [1.165, 1.54) is 9.13 Å². The van der Waals surface area contributed by atoms with Gasteiger partial charge in [0.25, 0.3) is 0 Å². The summed E-state index contributed by atoms with van der Waals surface area (Å²) in [5.74, 6) is -11.6. The molecule has 0 N–H and O–H groups in total. The second-order valence-electron chi connectivity index (χ2n) is 18.1. The van der Waals surface area contributed by atoms with Gasteiger partial charge in [0.1, 0.15) is 5.56 Å². The van der Waals surface area contributed by atoms with Crippen molar-refractivity contribution in [2.75, 3.05) is 0 Å². The number of benzene rings is 10. The zero-order valence-electron chi connectivity index (χ0n) is 37.8. The number of nitrogens with zero attached hydrogens (tertiary/aromatic N) is 4. The van der Waals surface area contributed by atoms with Gasteiger partial charge in [-0.2, -0.15) is 13.2 Å². The molecule has 0 saturated carbocycles. The van der Waals surface area contributed by atoms with Crippen LogP contribution < -0.4 is 0 Å². The average molecular weight is 973 g/mol. The Labute approximate surface area is 408 Å². The van der Waals surface area contributed by atoms with Gasteiger partial charge >= 0.3 is 6.18 Å². The summed E-state index contributed by atoms with van der Waals surface area (Å²) in [5.41, 5.74) is 0.463. The van der Waals surface area contributed by atoms with E-state index in [2.05, 4.69) is 0 Å². The number of alkyl halides is 3. The molecule has 0 atom stereocenters. The molecule has 0 aliphatic carbocycles. The maximum atomic E-state index is 17.4. The first kappa shape index (κ1) is 42.7. The summed E-state index contributed by atoms with van der Waals surface area (Å²) in [5, 5.41) is 4.67. The standard InChI is InChI=1S/C61H32F8N4/c62-53-51(54(63)56(65)57(66)55(53)64)41-29-32-48(72-42-23-11-7-19-35(42)37-27-30-46-49(58(37)72)39-21-9-13-25-44(39)70(46)33-15-3-1-4-16-33)52(61(67,68)69)60(41)73-43-24-12-8-20-36(43)38-28-31-47-50(59(38)73)40-22-10-14-26-45(40)71(47)34-17-5-2-6-18-34/h1-32H. The molecular formula is C61H32F8N4. The summed E-state index contributed by atoms with van der Waals surface area (Å²) in [7, 11) is 0. The fourth-order valence-electron chi connectivity index (χ4n) is 11.5. The molecule has 0 radical (unpaired) electrons. The Bertz CT molecular complexity index is 4630. The Morgan fingerprint density at radius 2 is 0.685 bits per heavy atom. The van der Waals surface area contributed by atoms with Crippen LogP contribution in [0.4, 0.5) is 35.1 Å². The predicted octanol–water partition coefficient (Wildman–Crippen LogP) is 17.5. The fraction of sp³-hybridized carbons (Fsp3) is 0.0164. The smallest absolute Gasteiger partial charge is 0.309 e. The van der Waals surface area contributed by atoms with Crippen molar-refractivity contribution in [3.63, 3.8) is 0 Å². The van der Waals surface area contributed by atoms with Crippen molar-refractivity contribution in [1.82, 2.24) is 18.3 Å². The van der Waals surface area contributed by atoms with Crippen LogP contribution >= 0.6 is 0 Å². The van der Waals surface area contributed by atoms with Crippen molar-refractivity contribution >= 4 is 87.2 Å². The first-order valence-corrected chi connectivity index (χ1v) is 23.3. The molecule has 0 spiro atoms. The molecule has 10 aromatic carbocycles. The van der Waals surface area contributed by atoms with Crippen molar-refractivity contribution in [2.24, 2.45) is 0 Å². The zero-order chi connectivity index (χ0) is 49.6. The van der Waals surface area contributed by atoms with E-state index in [-0.39, 0.29) is 11.0 Å². The molecule has 352 valence electrons. The van der Waals surface area contributed by atoms with Gasteiger partial charge in [-0.15, -0.1) is 0 Å². The first-order valence-electron chi connectivity index (χ1n) is 23.3. The lowest BCUT2D eigenvalue weighted by molar-refractivity contribution is -0.137. The van der Waals surface area contributed by atoms with E-state index in [1.807, 2.05) is 143 Å². The Kier molecular flexibility index (Phi) is 9.02. The van der Waals surface area contributed by atoms with Crippen LogP contribution in [0.2, 0.25) is 0 Å². The van der Waals surface area contributed by atoms with Gasteiger partial charge in [-0.1, -0.05) is 121 Å². The molecular weight excluding hydrogens is 941 g/mol. The normalized spacial score (nSPS) is 12.4.